The highest BCUT2D eigenvalue weighted by Crippen LogP contribution is 2.27. The summed E-state index contributed by atoms with van der Waals surface area (Å²) in [6.45, 7) is 5.69. The SMILES string of the molecule is Cc1c(C(=O)NCC2CCN(Cc3cccs3)CC2)sc2ncn(C)c(=O)c12. The number of nitrogens with zero attached hydrogens (tertiary/aromatic N) is 3. The quantitative estimate of drug-likeness (QED) is 0.694. The topological polar surface area (TPSA) is 67.2 Å². The molecule has 1 amide bonds. The van der Waals surface area contributed by atoms with Crippen molar-refractivity contribution in [1.82, 2.24) is 19.8 Å². The highest BCUT2D eigenvalue weighted by molar-refractivity contribution is 7.20. The fraction of sp³-hybridized carbons (Fsp3) is 0.450. The van der Waals surface area contributed by atoms with Crippen LogP contribution in [0.25, 0.3) is 10.2 Å². The van der Waals surface area contributed by atoms with E-state index in [1.165, 1.54) is 27.1 Å². The number of amides is 1. The van der Waals surface area contributed by atoms with Gasteiger partial charge in [-0.05, 0) is 55.8 Å². The first-order chi connectivity index (χ1) is 13.5. The van der Waals surface area contributed by atoms with Crippen LogP contribution in [0.5, 0.6) is 0 Å². The molecule has 1 aliphatic heterocycles. The lowest BCUT2D eigenvalue weighted by atomic mass is 9.96. The van der Waals surface area contributed by atoms with Gasteiger partial charge in [0.1, 0.15) is 4.83 Å². The van der Waals surface area contributed by atoms with Crippen LogP contribution in [-0.4, -0.2) is 40.0 Å². The van der Waals surface area contributed by atoms with Gasteiger partial charge in [-0.3, -0.25) is 14.5 Å². The third-order valence-electron chi connectivity index (χ3n) is 5.43. The van der Waals surface area contributed by atoms with E-state index in [0.717, 1.165) is 38.0 Å². The molecule has 1 aliphatic rings. The summed E-state index contributed by atoms with van der Waals surface area (Å²) in [5, 5.41) is 5.76. The van der Waals surface area contributed by atoms with Crippen LogP contribution in [0.1, 0.15) is 33.0 Å². The predicted molar refractivity (Wildman–Crippen MR) is 114 cm³/mol. The first-order valence-corrected chi connectivity index (χ1v) is 11.2. The maximum atomic E-state index is 12.7. The van der Waals surface area contributed by atoms with Gasteiger partial charge in [-0.15, -0.1) is 22.7 Å². The summed E-state index contributed by atoms with van der Waals surface area (Å²) in [4.78, 5) is 34.5. The second kappa shape index (κ2) is 8.14. The van der Waals surface area contributed by atoms with Gasteiger partial charge in [0.25, 0.3) is 11.5 Å². The molecule has 28 heavy (non-hydrogen) atoms. The van der Waals surface area contributed by atoms with Crippen LogP contribution in [-0.2, 0) is 13.6 Å². The van der Waals surface area contributed by atoms with Crippen molar-refractivity contribution < 1.29 is 4.79 Å². The number of hydrogen-bond acceptors (Lipinski definition) is 6. The molecule has 4 rings (SSSR count). The number of carbonyl (C=O) groups is 1. The Balaban J connectivity index is 1.34. The molecule has 0 spiro atoms. The minimum atomic E-state index is -0.101. The number of carbonyl (C=O) groups excluding carboxylic acids is 1. The van der Waals surface area contributed by atoms with Gasteiger partial charge >= 0.3 is 0 Å². The van der Waals surface area contributed by atoms with Gasteiger partial charge in [-0.25, -0.2) is 4.98 Å². The molecule has 0 atom stereocenters. The molecule has 1 fully saturated rings. The molecule has 0 unspecified atom stereocenters. The molecule has 148 valence electrons. The first-order valence-electron chi connectivity index (χ1n) is 9.50. The number of hydrogen-bond donors (Lipinski definition) is 1. The molecular formula is C20H24N4O2S2. The summed E-state index contributed by atoms with van der Waals surface area (Å²) in [5.74, 6) is 0.410. The van der Waals surface area contributed by atoms with E-state index in [1.54, 1.807) is 7.05 Å². The third kappa shape index (κ3) is 3.90. The zero-order valence-corrected chi connectivity index (χ0v) is 17.7. The monoisotopic (exact) mass is 416 g/mol. The molecular weight excluding hydrogens is 392 g/mol. The third-order valence-corrected chi connectivity index (χ3v) is 7.49. The molecule has 0 radical (unpaired) electrons. The van der Waals surface area contributed by atoms with E-state index in [4.69, 9.17) is 0 Å². The van der Waals surface area contributed by atoms with Gasteiger partial charge in [-0.2, -0.15) is 0 Å². The molecule has 0 saturated carbocycles. The van der Waals surface area contributed by atoms with Crippen LogP contribution in [0.3, 0.4) is 0 Å². The lowest BCUT2D eigenvalue weighted by Crippen LogP contribution is -2.38. The van der Waals surface area contributed by atoms with E-state index < -0.39 is 0 Å². The Labute approximate surface area is 171 Å². The van der Waals surface area contributed by atoms with E-state index >= 15 is 0 Å². The Kier molecular flexibility index (Phi) is 5.61. The van der Waals surface area contributed by atoms with Crippen LogP contribution >= 0.6 is 22.7 Å². The smallest absolute Gasteiger partial charge is 0.262 e. The molecule has 8 heteroatoms. The van der Waals surface area contributed by atoms with Crippen LogP contribution in [0, 0.1) is 12.8 Å². The van der Waals surface area contributed by atoms with Crippen molar-refractivity contribution in [2.75, 3.05) is 19.6 Å². The minimum absolute atomic E-state index is 0.0939. The summed E-state index contributed by atoms with van der Waals surface area (Å²) in [5.41, 5.74) is 0.632. The zero-order chi connectivity index (χ0) is 19.7. The van der Waals surface area contributed by atoms with Crippen molar-refractivity contribution >= 4 is 38.8 Å². The summed E-state index contributed by atoms with van der Waals surface area (Å²) in [6.07, 6.45) is 3.70. The minimum Gasteiger partial charge on any atom is -0.351 e. The lowest BCUT2D eigenvalue weighted by molar-refractivity contribution is 0.0939. The van der Waals surface area contributed by atoms with E-state index in [0.29, 0.717) is 27.6 Å². The molecule has 0 aliphatic carbocycles. The molecule has 3 aromatic rings. The van der Waals surface area contributed by atoms with E-state index in [2.05, 4.69) is 32.7 Å². The van der Waals surface area contributed by atoms with Gasteiger partial charge in [-0.1, -0.05) is 6.07 Å². The summed E-state index contributed by atoms with van der Waals surface area (Å²) in [7, 11) is 1.68. The molecule has 0 bridgehead atoms. The number of rotatable bonds is 5. The zero-order valence-electron chi connectivity index (χ0n) is 16.1. The number of likely N-dealkylation sites (tertiary alicyclic amines) is 1. The normalized spacial score (nSPS) is 15.9. The summed E-state index contributed by atoms with van der Waals surface area (Å²) in [6, 6.07) is 4.29. The van der Waals surface area contributed by atoms with Crippen molar-refractivity contribution in [3.8, 4) is 0 Å². The average molecular weight is 417 g/mol. The standard InChI is InChI=1S/C20H24N4O2S2/c1-13-16-19(22-12-23(2)20(16)26)28-17(13)18(25)21-10-14-5-7-24(8-6-14)11-15-4-3-9-27-15/h3-4,9,12,14H,5-8,10-11H2,1-2H3,(H,21,25). The molecule has 3 aromatic heterocycles. The highest BCUT2D eigenvalue weighted by Gasteiger charge is 2.22. The van der Waals surface area contributed by atoms with Gasteiger partial charge in [0.2, 0.25) is 0 Å². The van der Waals surface area contributed by atoms with Crippen molar-refractivity contribution in [1.29, 1.82) is 0 Å². The predicted octanol–water partition coefficient (Wildman–Crippen LogP) is 3.01. The maximum Gasteiger partial charge on any atom is 0.262 e. The Morgan fingerprint density at radius 2 is 2.14 bits per heavy atom. The maximum absolute atomic E-state index is 12.7. The van der Waals surface area contributed by atoms with Gasteiger partial charge in [0.05, 0.1) is 16.6 Å². The number of fused-ring (bicyclic) bond motifs is 1. The summed E-state index contributed by atoms with van der Waals surface area (Å²) >= 11 is 3.11. The van der Waals surface area contributed by atoms with Crippen LogP contribution in [0.2, 0.25) is 0 Å². The highest BCUT2D eigenvalue weighted by atomic mass is 32.1. The molecule has 4 heterocycles. The van der Waals surface area contributed by atoms with Gasteiger partial charge < -0.3 is 9.88 Å². The number of aromatic nitrogens is 2. The molecule has 0 aromatic carbocycles. The van der Waals surface area contributed by atoms with E-state index in [9.17, 15) is 9.59 Å². The molecule has 6 nitrogen and oxygen atoms in total. The van der Waals surface area contributed by atoms with Crippen molar-refractivity contribution in [3.63, 3.8) is 0 Å². The van der Waals surface area contributed by atoms with Crippen molar-refractivity contribution in [2.45, 2.75) is 26.3 Å². The van der Waals surface area contributed by atoms with E-state index in [1.807, 2.05) is 18.3 Å². The summed E-state index contributed by atoms with van der Waals surface area (Å²) < 4.78 is 1.45. The van der Waals surface area contributed by atoms with Gasteiger partial charge in [0, 0.05) is 25.0 Å². The van der Waals surface area contributed by atoms with Gasteiger partial charge in [0.15, 0.2) is 0 Å². The Morgan fingerprint density at radius 3 is 2.86 bits per heavy atom. The van der Waals surface area contributed by atoms with E-state index in [-0.39, 0.29) is 11.5 Å². The lowest BCUT2D eigenvalue weighted by Gasteiger charge is -2.31. The number of aryl methyl sites for hydroxylation is 2. The fourth-order valence-electron chi connectivity index (χ4n) is 3.71. The molecule has 1 N–H and O–H groups in total. The van der Waals surface area contributed by atoms with Crippen LogP contribution < -0.4 is 10.9 Å². The molecule has 1 saturated heterocycles. The second-order valence-corrected chi connectivity index (χ2v) is 9.44. The van der Waals surface area contributed by atoms with Crippen LogP contribution in [0.15, 0.2) is 28.6 Å². The number of nitrogens with one attached hydrogen (secondary N) is 1. The van der Waals surface area contributed by atoms with Crippen molar-refractivity contribution in [2.24, 2.45) is 13.0 Å². The van der Waals surface area contributed by atoms with Crippen LogP contribution in [0.4, 0.5) is 0 Å². The fourth-order valence-corrected chi connectivity index (χ4v) is 5.52. The largest absolute Gasteiger partial charge is 0.351 e. The number of piperidine rings is 1. The Bertz CT molecular complexity index is 1030. The second-order valence-electron chi connectivity index (χ2n) is 7.41. The first kappa shape index (κ1) is 19.3. The Hall–Kier alpha value is -2.03. The Morgan fingerprint density at radius 1 is 1.36 bits per heavy atom. The number of thiophene rings is 2. The average Bonchev–Trinajstić information content (AvgIpc) is 3.32. The van der Waals surface area contributed by atoms with Crippen molar-refractivity contribution in [3.05, 3.63) is 49.5 Å².